The molecule has 0 N–H and O–H groups in total. The average Bonchev–Trinajstić information content (AvgIpc) is 2.68. The van der Waals surface area contributed by atoms with E-state index in [1.807, 2.05) is 30.3 Å². The molecular weight excluding hydrogens is 234 g/mol. The summed E-state index contributed by atoms with van der Waals surface area (Å²) in [5.74, 6) is -0.223. The van der Waals surface area contributed by atoms with Crippen molar-refractivity contribution in [1.82, 2.24) is 0 Å². The lowest BCUT2D eigenvalue weighted by Gasteiger charge is -2.00. The molecule has 0 atom stereocenters. The smallest absolute Gasteiger partial charge is 0.267 e. The number of carbonyl (C=O) groups is 1. The molecule has 82 valence electrons. The molecule has 2 aromatic carbocycles. The van der Waals surface area contributed by atoms with E-state index in [1.54, 1.807) is 18.2 Å². The predicted molar refractivity (Wildman–Crippen MR) is 66.2 cm³/mol. The van der Waals surface area contributed by atoms with Gasteiger partial charge in [0.25, 0.3) is 5.91 Å². The largest absolute Gasteiger partial charge is 0.278 e. The first-order valence-corrected chi connectivity index (χ1v) is 5.62. The van der Waals surface area contributed by atoms with Crippen LogP contribution in [0.1, 0.15) is 5.56 Å². The van der Waals surface area contributed by atoms with Crippen LogP contribution in [-0.2, 0) is 4.79 Å². The van der Waals surface area contributed by atoms with E-state index < -0.39 is 0 Å². The molecule has 3 heteroatoms. The summed E-state index contributed by atoms with van der Waals surface area (Å²) in [6, 6.07) is 14.9. The lowest BCUT2D eigenvalue weighted by Crippen LogP contribution is -2.24. The zero-order valence-corrected chi connectivity index (χ0v) is 9.61. The summed E-state index contributed by atoms with van der Waals surface area (Å²) < 4.78 is 0. The molecule has 1 heterocycles. The molecule has 1 aliphatic rings. The Morgan fingerprint density at radius 1 is 0.941 bits per heavy atom. The molecule has 0 aliphatic carbocycles. The number of amides is 1. The van der Waals surface area contributed by atoms with Crippen LogP contribution in [0.3, 0.4) is 0 Å². The second kappa shape index (κ2) is 3.82. The van der Waals surface area contributed by atoms with Crippen LogP contribution in [0.15, 0.2) is 53.5 Å². The maximum Gasteiger partial charge on any atom is 0.278 e. The molecule has 0 saturated carbocycles. The highest BCUT2D eigenvalue weighted by Gasteiger charge is 2.19. The first-order valence-electron chi connectivity index (χ1n) is 5.25. The molecule has 0 saturated heterocycles. The van der Waals surface area contributed by atoms with Crippen LogP contribution < -0.4 is 10.6 Å². The standard InChI is InChI=1S/C14H8ClNO/c15-10-7-4-8-11-13(10)12(14(17)16-11)9-5-2-1-3-6-9/h1-8H. The van der Waals surface area contributed by atoms with Crippen LogP contribution >= 0.6 is 11.6 Å². The number of halogens is 1. The summed E-state index contributed by atoms with van der Waals surface area (Å²) in [5, 5.41) is 1.96. The van der Waals surface area contributed by atoms with Crippen molar-refractivity contribution >= 4 is 23.1 Å². The van der Waals surface area contributed by atoms with E-state index in [0.29, 0.717) is 16.0 Å². The van der Waals surface area contributed by atoms with Gasteiger partial charge in [0, 0.05) is 5.22 Å². The van der Waals surface area contributed by atoms with E-state index in [2.05, 4.69) is 4.99 Å². The molecule has 0 spiro atoms. The van der Waals surface area contributed by atoms with Gasteiger partial charge < -0.3 is 0 Å². The van der Waals surface area contributed by atoms with Gasteiger partial charge in [-0.25, -0.2) is 4.99 Å². The van der Waals surface area contributed by atoms with Gasteiger partial charge in [-0.15, -0.1) is 0 Å². The van der Waals surface area contributed by atoms with E-state index in [-0.39, 0.29) is 5.91 Å². The van der Waals surface area contributed by atoms with Crippen molar-refractivity contribution in [3.63, 3.8) is 0 Å². The molecule has 0 fully saturated rings. The van der Waals surface area contributed by atoms with Crippen molar-refractivity contribution in [3.8, 4) is 0 Å². The summed E-state index contributed by atoms with van der Waals surface area (Å²) >= 11 is 6.15. The summed E-state index contributed by atoms with van der Waals surface area (Å²) in [4.78, 5) is 15.9. The number of nitrogens with zero attached hydrogens (tertiary/aromatic N) is 1. The van der Waals surface area contributed by atoms with Crippen LogP contribution in [-0.4, -0.2) is 5.91 Å². The highest BCUT2D eigenvalue weighted by atomic mass is 35.5. The fourth-order valence-electron chi connectivity index (χ4n) is 2.00. The third-order valence-corrected chi connectivity index (χ3v) is 3.05. The molecule has 0 bridgehead atoms. The molecule has 2 aromatic rings. The van der Waals surface area contributed by atoms with Crippen LogP contribution in [0, 0.1) is 0 Å². The summed E-state index contributed by atoms with van der Waals surface area (Å²) in [6.07, 6.45) is 0. The normalized spacial score (nSPS) is 13.5. The molecular formula is C14H8ClNO. The zero-order chi connectivity index (χ0) is 11.8. The van der Waals surface area contributed by atoms with E-state index in [4.69, 9.17) is 11.6 Å². The minimum absolute atomic E-state index is 0.223. The van der Waals surface area contributed by atoms with E-state index in [9.17, 15) is 4.79 Å². The van der Waals surface area contributed by atoms with Gasteiger partial charge in [0.15, 0.2) is 0 Å². The number of carbonyl (C=O) groups excluding carboxylic acids is 1. The summed E-state index contributed by atoms with van der Waals surface area (Å²) in [5.41, 5.74) is 1.44. The van der Waals surface area contributed by atoms with Gasteiger partial charge in [-0.2, -0.15) is 0 Å². The number of hydrogen-bond donors (Lipinski definition) is 0. The Bertz CT molecular complexity index is 720. The maximum atomic E-state index is 11.9. The Kier molecular flexibility index (Phi) is 2.30. The second-order valence-electron chi connectivity index (χ2n) is 3.79. The number of rotatable bonds is 1. The molecule has 3 rings (SSSR count). The van der Waals surface area contributed by atoms with Gasteiger partial charge in [0.05, 0.1) is 16.0 Å². The highest BCUT2D eigenvalue weighted by Crippen LogP contribution is 2.15. The first-order chi connectivity index (χ1) is 8.27. The van der Waals surface area contributed by atoms with Crippen LogP contribution in [0.5, 0.6) is 0 Å². The van der Waals surface area contributed by atoms with E-state index >= 15 is 0 Å². The highest BCUT2D eigenvalue weighted by molar-refractivity contribution is 6.32. The Morgan fingerprint density at radius 3 is 2.47 bits per heavy atom. The minimum Gasteiger partial charge on any atom is -0.267 e. The van der Waals surface area contributed by atoms with E-state index in [1.165, 1.54) is 0 Å². The molecule has 17 heavy (non-hydrogen) atoms. The first kappa shape index (κ1) is 10.2. The van der Waals surface area contributed by atoms with Gasteiger partial charge in [-0.1, -0.05) is 48.0 Å². The monoisotopic (exact) mass is 241 g/mol. The fourth-order valence-corrected chi connectivity index (χ4v) is 2.26. The molecule has 1 aliphatic heterocycles. The van der Waals surface area contributed by atoms with Crippen molar-refractivity contribution in [3.05, 3.63) is 69.7 Å². The van der Waals surface area contributed by atoms with Crippen LogP contribution in [0.2, 0.25) is 5.02 Å². The van der Waals surface area contributed by atoms with Crippen molar-refractivity contribution in [2.45, 2.75) is 0 Å². The van der Waals surface area contributed by atoms with Gasteiger partial charge >= 0.3 is 0 Å². The molecule has 0 radical (unpaired) electrons. The van der Waals surface area contributed by atoms with Gasteiger partial charge in [0.1, 0.15) is 0 Å². The zero-order valence-electron chi connectivity index (χ0n) is 8.85. The topological polar surface area (TPSA) is 29.4 Å². The minimum atomic E-state index is -0.223. The van der Waals surface area contributed by atoms with Gasteiger partial charge in [-0.3, -0.25) is 4.79 Å². The van der Waals surface area contributed by atoms with Gasteiger partial charge in [0.2, 0.25) is 0 Å². The van der Waals surface area contributed by atoms with Crippen LogP contribution in [0.25, 0.3) is 5.57 Å². The third kappa shape index (κ3) is 1.58. The van der Waals surface area contributed by atoms with Crippen molar-refractivity contribution in [2.75, 3.05) is 0 Å². The number of hydrogen-bond acceptors (Lipinski definition) is 1. The molecule has 0 aromatic heterocycles. The average molecular weight is 242 g/mol. The third-order valence-electron chi connectivity index (χ3n) is 2.74. The van der Waals surface area contributed by atoms with E-state index in [0.717, 1.165) is 10.8 Å². The fraction of sp³-hybridized carbons (Fsp3) is 0. The Hall–Kier alpha value is -1.93. The SMILES string of the molecule is O=C1N=c2cccc(Cl)c2=C1c1ccccc1. The molecule has 2 nitrogen and oxygen atoms in total. The predicted octanol–water partition coefficient (Wildman–Crippen LogP) is 1.70. The summed E-state index contributed by atoms with van der Waals surface area (Å²) in [7, 11) is 0. The Labute approximate surface area is 103 Å². The number of fused-ring (bicyclic) bond motifs is 1. The maximum absolute atomic E-state index is 11.9. The van der Waals surface area contributed by atoms with Gasteiger partial charge in [-0.05, 0) is 17.7 Å². The lowest BCUT2D eigenvalue weighted by atomic mass is 10.0. The number of benzene rings is 2. The Morgan fingerprint density at radius 2 is 1.71 bits per heavy atom. The lowest BCUT2D eigenvalue weighted by molar-refractivity contribution is -0.112. The van der Waals surface area contributed by atoms with Crippen molar-refractivity contribution < 1.29 is 4.79 Å². The molecule has 1 amide bonds. The quantitative estimate of drug-likeness (QED) is 0.747. The van der Waals surface area contributed by atoms with Crippen molar-refractivity contribution in [1.29, 1.82) is 0 Å². The van der Waals surface area contributed by atoms with Crippen molar-refractivity contribution in [2.24, 2.45) is 4.99 Å². The molecule has 0 unspecified atom stereocenters. The second-order valence-corrected chi connectivity index (χ2v) is 4.20. The Balaban J connectivity index is 2.45. The van der Waals surface area contributed by atoms with Crippen LogP contribution in [0.4, 0.5) is 0 Å². The summed E-state index contributed by atoms with van der Waals surface area (Å²) in [6.45, 7) is 0.